The van der Waals surface area contributed by atoms with Crippen molar-refractivity contribution in [1.82, 2.24) is 10.2 Å². The third-order valence-corrected chi connectivity index (χ3v) is 2.75. The van der Waals surface area contributed by atoms with Crippen molar-refractivity contribution in [3.05, 3.63) is 27.0 Å². The summed E-state index contributed by atoms with van der Waals surface area (Å²) in [7, 11) is 0. The van der Waals surface area contributed by atoms with Gasteiger partial charge >= 0.3 is 0 Å². The first-order valence-electron chi connectivity index (χ1n) is 3.17. The Labute approximate surface area is 84.4 Å². The van der Waals surface area contributed by atoms with Crippen LogP contribution in [0.4, 0.5) is 4.39 Å². The van der Waals surface area contributed by atoms with Crippen LogP contribution in [-0.4, -0.2) is 10.2 Å². The molecule has 0 bridgehead atoms. The SMILES string of the molecule is Fc1c(Br)ccc2n[nH]c(Br)c12. The predicted molar refractivity (Wildman–Crippen MR) is 51.5 cm³/mol. The van der Waals surface area contributed by atoms with E-state index < -0.39 is 0 Å². The quantitative estimate of drug-likeness (QED) is 0.794. The van der Waals surface area contributed by atoms with Gasteiger partial charge in [0.15, 0.2) is 0 Å². The van der Waals surface area contributed by atoms with Crippen LogP contribution in [0.15, 0.2) is 21.2 Å². The maximum atomic E-state index is 13.4. The zero-order valence-corrected chi connectivity index (χ0v) is 8.91. The summed E-state index contributed by atoms with van der Waals surface area (Å²) < 4.78 is 14.4. The lowest BCUT2D eigenvalue weighted by Crippen LogP contribution is -1.78. The van der Waals surface area contributed by atoms with Gasteiger partial charge < -0.3 is 0 Å². The number of hydrogen-bond donors (Lipinski definition) is 1. The van der Waals surface area contributed by atoms with Crippen molar-refractivity contribution in [2.24, 2.45) is 0 Å². The lowest BCUT2D eigenvalue weighted by molar-refractivity contribution is 0.633. The third-order valence-electron chi connectivity index (χ3n) is 1.57. The van der Waals surface area contributed by atoms with Crippen LogP contribution in [0.25, 0.3) is 10.9 Å². The van der Waals surface area contributed by atoms with Crippen LogP contribution >= 0.6 is 31.9 Å². The highest BCUT2D eigenvalue weighted by Gasteiger charge is 2.10. The molecule has 2 rings (SSSR count). The topological polar surface area (TPSA) is 28.7 Å². The van der Waals surface area contributed by atoms with Crippen molar-refractivity contribution >= 4 is 42.8 Å². The van der Waals surface area contributed by atoms with Crippen LogP contribution in [-0.2, 0) is 0 Å². The Morgan fingerprint density at radius 1 is 1.33 bits per heavy atom. The molecule has 0 aliphatic carbocycles. The van der Waals surface area contributed by atoms with Crippen molar-refractivity contribution in [3.63, 3.8) is 0 Å². The molecule has 12 heavy (non-hydrogen) atoms. The minimum atomic E-state index is -0.298. The summed E-state index contributed by atoms with van der Waals surface area (Å²) in [6.07, 6.45) is 0. The summed E-state index contributed by atoms with van der Waals surface area (Å²) >= 11 is 6.27. The van der Waals surface area contributed by atoms with E-state index >= 15 is 0 Å². The van der Waals surface area contributed by atoms with Crippen LogP contribution in [0.1, 0.15) is 0 Å². The molecule has 2 aromatic rings. The molecule has 0 radical (unpaired) electrons. The fraction of sp³-hybridized carbons (Fsp3) is 0. The minimum Gasteiger partial charge on any atom is -0.270 e. The van der Waals surface area contributed by atoms with Gasteiger partial charge in [0.1, 0.15) is 10.4 Å². The molecule has 1 N–H and O–H groups in total. The molecule has 0 aliphatic heterocycles. The number of aromatic amines is 1. The van der Waals surface area contributed by atoms with E-state index in [-0.39, 0.29) is 5.82 Å². The van der Waals surface area contributed by atoms with E-state index in [0.717, 1.165) is 0 Å². The van der Waals surface area contributed by atoms with Gasteiger partial charge in [-0.25, -0.2) is 4.39 Å². The number of H-pyrrole nitrogens is 1. The molecule has 0 amide bonds. The van der Waals surface area contributed by atoms with Crippen molar-refractivity contribution < 1.29 is 4.39 Å². The zero-order valence-electron chi connectivity index (χ0n) is 5.74. The van der Waals surface area contributed by atoms with Crippen LogP contribution in [0.2, 0.25) is 0 Å². The monoisotopic (exact) mass is 292 g/mol. The molecule has 0 atom stereocenters. The summed E-state index contributed by atoms with van der Waals surface area (Å²) in [6.45, 7) is 0. The van der Waals surface area contributed by atoms with Crippen molar-refractivity contribution in [2.75, 3.05) is 0 Å². The number of benzene rings is 1. The average Bonchev–Trinajstić information content (AvgIpc) is 2.41. The van der Waals surface area contributed by atoms with E-state index in [2.05, 4.69) is 42.1 Å². The summed E-state index contributed by atoms with van der Waals surface area (Å²) in [5, 5.41) is 7.01. The predicted octanol–water partition coefficient (Wildman–Crippen LogP) is 3.23. The van der Waals surface area contributed by atoms with E-state index in [0.29, 0.717) is 20.0 Å². The summed E-state index contributed by atoms with van der Waals surface area (Å²) in [4.78, 5) is 0. The Hall–Kier alpha value is -0.420. The molecule has 0 spiro atoms. The fourth-order valence-electron chi connectivity index (χ4n) is 1.01. The molecular formula is C7H3Br2FN2. The zero-order chi connectivity index (χ0) is 8.72. The lowest BCUT2D eigenvalue weighted by atomic mass is 10.2. The van der Waals surface area contributed by atoms with E-state index in [4.69, 9.17) is 0 Å². The largest absolute Gasteiger partial charge is 0.270 e. The molecule has 1 aromatic carbocycles. The molecule has 0 aliphatic rings. The first-order valence-corrected chi connectivity index (χ1v) is 4.76. The summed E-state index contributed by atoms with van der Waals surface area (Å²) in [5.41, 5.74) is 0.613. The van der Waals surface area contributed by atoms with Gasteiger partial charge in [0, 0.05) is 0 Å². The molecule has 0 saturated carbocycles. The smallest absolute Gasteiger partial charge is 0.149 e. The highest BCUT2D eigenvalue weighted by molar-refractivity contribution is 9.11. The minimum absolute atomic E-state index is 0.298. The summed E-state index contributed by atoms with van der Waals surface area (Å²) in [6, 6.07) is 3.37. The molecule has 1 heterocycles. The van der Waals surface area contributed by atoms with E-state index in [9.17, 15) is 4.39 Å². The molecule has 0 fully saturated rings. The average molecular weight is 294 g/mol. The lowest BCUT2D eigenvalue weighted by Gasteiger charge is -1.94. The van der Waals surface area contributed by atoms with Crippen molar-refractivity contribution in [2.45, 2.75) is 0 Å². The van der Waals surface area contributed by atoms with Gasteiger partial charge in [-0.2, -0.15) is 5.10 Å². The Morgan fingerprint density at radius 2 is 2.08 bits per heavy atom. The molecule has 0 saturated heterocycles. The van der Waals surface area contributed by atoms with E-state index in [1.165, 1.54) is 0 Å². The second-order valence-corrected chi connectivity index (χ2v) is 3.94. The Bertz CT molecular complexity index is 438. The van der Waals surface area contributed by atoms with Crippen molar-refractivity contribution in [3.8, 4) is 0 Å². The maximum absolute atomic E-state index is 13.4. The van der Waals surface area contributed by atoms with Gasteiger partial charge in [0.2, 0.25) is 0 Å². The van der Waals surface area contributed by atoms with Crippen LogP contribution < -0.4 is 0 Å². The fourth-order valence-corrected chi connectivity index (χ4v) is 1.80. The van der Waals surface area contributed by atoms with Crippen LogP contribution in [0, 0.1) is 5.82 Å². The second-order valence-electron chi connectivity index (χ2n) is 2.29. The highest BCUT2D eigenvalue weighted by Crippen LogP contribution is 2.28. The van der Waals surface area contributed by atoms with E-state index in [1.54, 1.807) is 12.1 Å². The number of halogens is 3. The number of aromatic nitrogens is 2. The van der Waals surface area contributed by atoms with E-state index in [1.807, 2.05) is 0 Å². The van der Waals surface area contributed by atoms with Crippen molar-refractivity contribution in [1.29, 1.82) is 0 Å². The standard InChI is InChI=1S/C7H3Br2FN2/c8-3-1-2-4-5(6(3)10)7(9)12-11-4/h1-2H,(H,11,12). The Balaban J connectivity index is 2.96. The molecule has 5 heteroatoms. The number of rotatable bonds is 0. The molecule has 62 valence electrons. The molecule has 1 aromatic heterocycles. The summed E-state index contributed by atoms with van der Waals surface area (Å²) in [5.74, 6) is -0.298. The van der Waals surface area contributed by atoms with Gasteiger partial charge in [-0.3, -0.25) is 5.10 Å². The van der Waals surface area contributed by atoms with Gasteiger partial charge in [-0.05, 0) is 44.0 Å². The first-order chi connectivity index (χ1) is 5.70. The highest BCUT2D eigenvalue weighted by atomic mass is 79.9. The van der Waals surface area contributed by atoms with Crippen LogP contribution in [0.3, 0.4) is 0 Å². The number of nitrogens with zero attached hydrogens (tertiary/aromatic N) is 1. The third kappa shape index (κ3) is 1.08. The van der Waals surface area contributed by atoms with Gasteiger partial charge in [0.05, 0.1) is 15.4 Å². The number of hydrogen-bond acceptors (Lipinski definition) is 1. The van der Waals surface area contributed by atoms with Gasteiger partial charge in [0.25, 0.3) is 0 Å². The Kier molecular flexibility index (Phi) is 1.92. The molecule has 2 nitrogen and oxygen atoms in total. The molecule has 0 unspecified atom stereocenters. The number of fused-ring (bicyclic) bond motifs is 1. The normalized spacial score (nSPS) is 10.9. The Morgan fingerprint density at radius 3 is 2.83 bits per heavy atom. The second kappa shape index (κ2) is 2.81. The van der Waals surface area contributed by atoms with Crippen LogP contribution in [0.5, 0.6) is 0 Å². The first kappa shape index (κ1) is 8.19. The van der Waals surface area contributed by atoms with Gasteiger partial charge in [-0.1, -0.05) is 0 Å². The molecular weight excluding hydrogens is 291 g/mol. The number of nitrogens with one attached hydrogen (secondary N) is 1. The maximum Gasteiger partial charge on any atom is 0.149 e. The van der Waals surface area contributed by atoms with Gasteiger partial charge in [-0.15, -0.1) is 0 Å².